The first-order valence-corrected chi connectivity index (χ1v) is 11.6. The molecule has 7 nitrogen and oxygen atoms in total. The zero-order chi connectivity index (χ0) is 25.9. The number of amides is 1. The number of halogens is 1. The summed E-state index contributed by atoms with van der Waals surface area (Å²) in [6.45, 7) is 0. The lowest BCUT2D eigenvalue weighted by molar-refractivity contribution is 0.0942. The standard InChI is InChI=1S/C29H25FN4O3/c1-34-13-12-31-28(34)27(19-14-21(36-2)16-22(15-19)37-3)33-29(35)24-17-26(18-8-10-20(30)11-9-18)32-25-7-5-4-6-23(24)25/h4-17,27H,1-3H3,(H,33,35). The first-order chi connectivity index (χ1) is 18.0. The number of rotatable bonds is 7. The molecule has 1 atom stereocenters. The van der Waals surface area contributed by atoms with E-state index < -0.39 is 6.04 Å². The molecule has 0 bridgehead atoms. The summed E-state index contributed by atoms with van der Waals surface area (Å²) in [5.74, 6) is 1.18. The van der Waals surface area contributed by atoms with Crippen LogP contribution in [0.5, 0.6) is 11.5 Å². The summed E-state index contributed by atoms with van der Waals surface area (Å²) in [5, 5.41) is 3.86. The maximum Gasteiger partial charge on any atom is 0.252 e. The number of carbonyl (C=O) groups excluding carboxylic acids is 1. The fourth-order valence-corrected chi connectivity index (χ4v) is 4.29. The number of imidazole rings is 1. The molecule has 0 aliphatic carbocycles. The van der Waals surface area contributed by atoms with Crippen molar-refractivity contribution in [3.05, 3.63) is 108 Å². The van der Waals surface area contributed by atoms with Crippen molar-refractivity contribution in [2.45, 2.75) is 6.04 Å². The van der Waals surface area contributed by atoms with Gasteiger partial charge in [-0.1, -0.05) is 18.2 Å². The van der Waals surface area contributed by atoms with Crippen LogP contribution >= 0.6 is 0 Å². The summed E-state index contributed by atoms with van der Waals surface area (Å²) >= 11 is 0. The topological polar surface area (TPSA) is 78.3 Å². The highest BCUT2D eigenvalue weighted by Gasteiger charge is 2.24. The number of aromatic nitrogens is 3. The van der Waals surface area contributed by atoms with Crippen LogP contribution in [0.25, 0.3) is 22.2 Å². The third kappa shape index (κ3) is 4.86. The minimum Gasteiger partial charge on any atom is -0.497 e. The number of hydrogen-bond donors (Lipinski definition) is 1. The van der Waals surface area contributed by atoms with Crippen LogP contribution in [-0.4, -0.2) is 34.7 Å². The molecule has 5 aromatic rings. The number of carbonyl (C=O) groups is 1. The Kier molecular flexibility index (Phi) is 6.55. The van der Waals surface area contributed by atoms with Gasteiger partial charge < -0.3 is 19.4 Å². The summed E-state index contributed by atoms with van der Waals surface area (Å²) in [6, 6.07) is 20.1. The Bertz CT molecular complexity index is 1560. The van der Waals surface area contributed by atoms with Crippen LogP contribution in [0, 0.1) is 5.82 Å². The van der Waals surface area contributed by atoms with Crippen molar-refractivity contribution in [2.24, 2.45) is 7.05 Å². The Morgan fingerprint density at radius 1 is 0.973 bits per heavy atom. The van der Waals surface area contributed by atoms with E-state index in [2.05, 4.69) is 10.3 Å². The van der Waals surface area contributed by atoms with Crippen LogP contribution in [0.3, 0.4) is 0 Å². The fourth-order valence-electron chi connectivity index (χ4n) is 4.29. The molecule has 5 rings (SSSR count). The van der Waals surface area contributed by atoms with Gasteiger partial charge >= 0.3 is 0 Å². The molecule has 186 valence electrons. The van der Waals surface area contributed by atoms with Gasteiger partial charge in [-0.05, 0) is 54.1 Å². The Morgan fingerprint density at radius 2 is 1.68 bits per heavy atom. The smallest absolute Gasteiger partial charge is 0.252 e. The van der Waals surface area contributed by atoms with Crippen molar-refractivity contribution in [1.82, 2.24) is 19.9 Å². The van der Waals surface area contributed by atoms with E-state index in [0.29, 0.717) is 45.0 Å². The molecule has 8 heteroatoms. The van der Waals surface area contributed by atoms with Crippen molar-refractivity contribution >= 4 is 16.8 Å². The minimum atomic E-state index is -0.599. The predicted octanol–water partition coefficient (Wildman–Crippen LogP) is 5.31. The molecule has 0 saturated heterocycles. The molecule has 0 radical (unpaired) electrons. The van der Waals surface area contributed by atoms with E-state index in [1.54, 1.807) is 44.7 Å². The van der Waals surface area contributed by atoms with E-state index in [1.807, 2.05) is 54.2 Å². The molecular formula is C29H25FN4O3. The summed E-state index contributed by atoms with van der Waals surface area (Å²) < 4.78 is 26.3. The van der Waals surface area contributed by atoms with E-state index in [0.717, 1.165) is 5.56 Å². The first kappa shape index (κ1) is 24.0. The number of pyridine rings is 1. The van der Waals surface area contributed by atoms with Crippen LogP contribution in [0.15, 0.2) is 85.2 Å². The summed E-state index contributed by atoms with van der Waals surface area (Å²) in [4.78, 5) is 23.1. The number of benzene rings is 3. The molecular weight excluding hydrogens is 471 g/mol. The Morgan fingerprint density at radius 3 is 2.32 bits per heavy atom. The van der Waals surface area contributed by atoms with Crippen molar-refractivity contribution in [2.75, 3.05) is 14.2 Å². The highest BCUT2D eigenvalue weighted by molar-refractivity contribution is 6.07. The largest absolute Gasteiger partial charge is 0.497 e. The second-order valence-corrected chi connectivity index (χ2v) is 8.53. The molecule has 1 unspecified atom stereocenters. The van der Waals surface area contributed by atoms with Crippen molar-refractivity contribution < 1.29 is 18.7 Å². The summed E-state index contributed by atoms with van der Waals surface area (Å²) in [7, 11) is 5.02. The van der Waals surface area contributed by atoms with Crippen molar-refractivity contribution in [3.8, 4) is 22.8 Å². The predicted molar refractivity (Wildman–Crippen MR) is 139 cm³/mol. The van der Waals surface area contributed by atoms with E-state index >= 15 is 0 Å². The number of methoxy groups -OCH3 is 2. The van der Waals surface area contributed by atoms with Crippen molar-refractivity contribution in [3.63, 3.8) is 0 Å². The third-order valence-electron chi connectivity index (χ3n) is 6.20. The Balaban J connectivity index is 1.61. The number of nitrogens with zero attached hydrogens (tertiary/aromatic N) is 3. The van der Waals surface area contributed by atoms with Gasteiger partial charge in [0.2, 0.25) is 0 Å². The van der Waals surface area contributed by atoms with Gasteiger partial charge in [0.25, 0.3) is 5.91 Å². The average Bonchev–Trinajstić information content (AvgIpc) is 3.36. The molecule has 37 heavy (non-hydrogen) atoms. The molecule has 2 aromatic heterocycles. The summed E-state index contributed by atoms with van der Waals surface area (Å²) in [5.41, 5.74) is 3.13. The summed E-state index contributed by atoms with van der Waals surface area (Å²) in [6.07, 6.45) is 3.50. The second-order valence-electron chi connectivity index (χ2n) is 8.53. The lowest BCUT2D eigenvalue weighted by atomic mass is 10.0. The van der Waals surface area contributed by atoms with Gasteiger partial charge in [0, 0.05) is 36.5 Å². The fraction of sp³-hybridized carbons (Fsp3) is 0.138. The van der Waals surface area contributed by atoms with Gasteiger partial charge in [0.05, 0.1) is 31.0 Å². The SMILES string of the molecule is COc1cc(OC)cc(C(NC(=O)c2cc(-c3ccc(F)cc3)nc3ccccc23)c2nccn2C)c1. The molecule has 2 heterocycles. The van der Waals surface area contributed by atoms with E-state index in [9.17, 15) is 9.18 Å². The quantitative estimate of drug-likeness (QED) is 0.330. The number of hydrogen-bond acceptors (Lipinski definition) is 5. The van der Waals surface area contributed by atoms with Gasteiger partial charge in [-0.25, -0.2) is 14.4 Å². The lowest BCUT2D eigenvalue weighted by Gasteiger charge is -2.21. The van der Waals surface area contributed by atoms with Crippen LogP contribution in [0.2, 0.25) is 0 Å². The average molecular weight is 497 g/mol. The highest BCUT2D eigenvalue weighted by atomic mass is 19.1. The van der Waals surface area contributed by atoms with E-state index in [1.165, 1.54) is 12.1 Å². The lowest BCUT2D eigenvalue weighted by Crippen LogP contribution is -2.31. The number of nitrogens with one attached hydrogen (secondary N) is 1. The minimum absolute atomic E-state index is 0.309. The number of fused-ring (bicyclic) bond motifs is 1. The van der Waals surface area contributed by atoms with Crippen LogP contribution < -0.4 is 14.8 Å². The Hall–Kier alpha value is -4.72. The van der Waals surface area contributed by atoms with E-state index in [4.69, 9.17) is 14.5 Å². The van der Waals surface area contributed by atoms with Crippen LogP contribution in [0.1, 0.15) is 27.8 Å². The molecule has 0 aliphatic heterocycles. The van der Waals surface area contributed by atoms with Crippen LogP contribution in [0.4, 0.5) is 4.39 Å². The zero-order valence-corrected chi connectivity index (χ0v) is 20.6. The molecule has 1 amide bonds. The Labute approximate surface area is 213 Å². The molecule has 1 N–H and O–H groups in total. The highest BCUT2D eigenvalue weighted by Crippen LogP contribution is 2.31. The van der Waals surface area contributed by atoms with Gasteiger partial charge in [-0.15, -0.1) is 0 Å². The van der Waals surface area contributed by atoms with Crippen molar-refractivity contribution in [1.29, 1.82) is 0 Å². The molecule has 0 aliphatic rings. The monoisotopic (exact) mass is 496 g/mol. The van der Waals surface area contributed by atoms with Gasteiger partial charge in [0.1, 0.15) is 29.2 Å². The zero-order valence-electron chi connectivity index (χ0n) is 20.6. The molecule has 0 fully saturated rings. The third-order valence-corrected chi connectivity index (χ3v) is 6.20. The van der Waals surface area contributed by atoms with Gasteiger partial charge in [-0.3, -0.25) is 4.79 Å². The normalized spacial score (nSPS) is 11.8. The van der Waals surface area contributed by atoms with Gasteiger partial charge in [0.15, 0.2) is 0 Å². The van der Waals surface area contributed by atoms with E-state index in [-0.39, 0.29) is 11.7 Å². The second kappa shape index (κ2) is 10.1. The van der Waals surface area contributed by atoms with Crippen LogP contribution in [-0.2, 0) is 7.05 Å². The van der Waals surface area contributed by atoms with Gasteiger partial charge in [-0.2, -0.15) is 0 Å². The number of aryl methyl sites for hydroxylation is 1. The number of ether oxygens (including phenoxy) is 2. The maximum absolute atomic E-state index is 13.9. The molecule has 0 spiro atoms. The molecule has 3 aromatic carbocycles. The maximum atomic E-state index is 13.9. The number of para-hydroxylation sites is 1. The first-order valence-electron chi connectivity index (χ1n) is 11.6. The molecule has 0 saturated carbocycles.